The Kier molecular flexibility index (Phi) is 6.03. The Morgan fingerprint density at radius 1 is 1.25 bits per heavy atom. The Hall–Kier alpha value is -1.10. The molecular weight excluding hydrogens is 206 g/mol. The standard InChI is InChI=1S/C11H23N3O2/c1-11(2,12-9-15)10(16)14(5)8-6-7-13(3)4/h9H,6-8H2,1-5H3,(H,12,15). The number of rotatable bonds is 7. The van der Waals surface area contributed by atoms with Crippen LogP contribution in [0, 0.1) is 0 Å². The van der Waals surface area contributed by atoms with Gasteiger partial charge in [-0.15, -0.1) is 0 Å². The molecule has 0 fully saturated rings. The fourth-order valence-corrected chi connectivity index (χ4v) is 1.41. The van der Waals surface area contributed by atoms with Crippen LogP contribution in [-0.4, -0.2) is 61.9 Å². The Morgan fingerprint density at radius 2 is 1.81 bits per heavy atom. The van der Waals surface area contributed by atoms with Crippen LogP contribution in [0.2, 0.25) is 0 Å². The van der Waals surface area contributed by atoms with E-state index in [-0.39, 0.29) is 5.91 Å². The molecule has 0 aliphatic carbocycles. The number of likely N-dealkylation sites (N-methyl/N-ethyl adjacent to an activating group) is 1. The van der Waals surface area contributed by atoms with Gasteiger partial charge in [-0.1, -0.05) is 0 Å². The highest BCUT2D eigenvalue weighted by atomic mass is 16.2. The summed E-state index contributed by atoms with van der Waals surface area (Å²) in [5.74, 6) is -0.0710. The van der Waals surface area contributed by atoms with Crippen molar-refractivity contribution in [2.24, 2.45) is 0 Å². The van der Waals surface area contributed by atoms with Crippen molar-refractivity contribution in [3.05, 3.63) is 0 Å². The Labute approximate surface area is 97.8 Å². The van der Waals surface area contributed by atoms with Gasteiger partial charge in [-0.05, 0) is 40.9 Å². The smallest absolute Gasteiger partial charge is 0.247 e. The first kappa shape index (κ1) is 14.9. The first-order valence-electron chi connectivity index (χ1n) is 5.43. The summed E-state index contributed by atoms with van der Waals surface area (Å²) in [6.45, 7) is 5.04. The molecule has 0 aromatic rings. The number of hydrogen-bond acceptors (Lipinski definition) is 3. The van der Waals surface area contributed by atoms with Gasteiger partial charge in [0, 0.05) is 13.6 Å². The van der Waals surface area contributed by atoms with E-state index in [0.29, 0.717) is 13.0 Å². The molecule has 0 aliphatic heterocycles. The second kappa shape index (κ2) is 6.48. The predicted octanol–water partition coefficient (Wildman–Crippen LogP) is -0.0789. The molecule has 0 aromatic carbocycles. The lowest BCUT2D eigenvalue weighted by atomic mass is 10.0. The number of hydrogen-bond donors (Lipinski definition) is 1. The fourth-order valence-electron chi connectivity index (χ4n) is 1.41. The highest BCUT2D eigenvalue weighted by molar-refractivity contribution is 5.87. The van der Waals surface area contributed by atoms with Crippen molar-refractivity contribution >= 4 is 12.3 Å². The molecule has 94 valence electrons. The van der Waals surface area contributed by atoms with Crippen molar-refractivity contribution in [3.8, 4) is 0 Å². The number of carbonyl (C=O) groups is 2. The number of nitrogens with one attached hydrogen (secondary N) is 1. The zero-order chi connectivity index (χ0) is 12.8. The minimum atomic E-state index is -0.825. The first-order valence-corrected chi connectivity index (χ1v) is 5.43. The summed E-state index contributed by atoms with van der Waals surface area (Å²) in [7, 11) is 5.76. The topological polar surface area (TPSA) is 52.6 Å². The van der Waals surface area contributed by atoms with E-state index >= 15 is 0 Å². The van der Waals surface area contributed by atoms with Gasteiger partial charge < -0.3 is 15.1 Å². The van der Waals surface area contributed by atoms with Gasteiger partial charge in [0.05, 0.1) is 0 Å². The number of carbonyl (C=O) groups excluding carboxylic acids is 2. The van der Waals surface area contributed by atoms with Gasteiger partial charge in [-0.2, -0.15) is 0 Å². The van der Waals surface area contributed by atoms with Crippen LogP contribution in [0.1, 0.15) is 20.3 Å². The lowest BCUT2D eigenvalue weighted by molar-refractivity contribution is -0.137. The maximum atomic E-state index is 11.9. The van der Waals surface area contributed by atoms with Crippen LogP contribution >= 0.6 is 0 Å². The van der Waals surface area contributed by atoms with Gasteiger partial charge >= 0.3 is 0 Å². The fraction of sp³-hybridized carbons (Fsp3) is 0.818. The van der Waals surface area contributed by atoms with E-state index in [2.05, 4.69) is 10.2 Å². The van der Waals surface area contributed by atoms with Crippen molar-refractivity contribution in [3.63, 3.8) is 0 Å². The summed E-state index contributed by atoms with van der Waals surface area (Å²) in [5.41, 5.74) is -0.825. The van der Waals surface area contributed by atoms with Crippen LogP contribution in [0.15, 0.2) is 0 Å². The number of nitrogens with zero attached hydrogens (tertiary/aromatic N) is 2. The van der Waals surface area contributed by atoms with Gasteiger partial charge in [0.2, 0.25) is 12.3 Å². The molecule has 1 N–H and O–H groups in total. The molecule has 0 saturated heterocycles. The van der Waals surface area contributed by atoms with Crippen LogP contribution < -0.4 is 5.32 Å². The molecule has 2 amide bonds. The van der Waals surface area contributed by atoms with E-state index < -0.39 is 5.54 Å². The van der Waals surface area contributed by atoms with E-state index in [1.807, 2.05) is 14.1 Å². The average Bonchev–Trinajstić information content (AvgIpc) is 2.15. The van der Waals surface area contributed by atoms with Crippen molar-refractivity contribution < 1.29 is 9.59 Å². The molecule has 0 aromatic heterocycles. The van der Waals surface area contributed by atoms with E-state index in [4.69, 9.17) is 0 Å². The number of amides is 2. The van der Waals surface area contributed by atoms with E-state index in [0.717, 1.165) is 13.0 Å². The Balaban J connectivity index is 4.12. The zero-order valence-electron chi connectivity index (χ0n) is 10.9. The summed E-state index contributed by atoms with van der Waals surface area (Å²) in [4.78, 5) is 26.0. The third-order valence-electron chi connectivity index (χ3n) is 2.40. The third-order valence-corrected chi connectivity index (χ3v) is 2.40. The van der Waals surface area contributed by atoms with Crippen LogP contribution in [0.3, 0.4) is 0 Å². The summed E-state index contributed by atoms with van der Waals surface area (Å²) < 4.78 is 0. The highest BCUT2D eigenvalue weighted by Crippen LogP contribution is 2.06. The monoisotopic (exact) mass is 229 g/mol. The largest absolute Gasteiger partial charge is 0.345 e. The Bertz CT molecular complexity index is 239. The molecule has 0 aliphatic rings. The molecule has 5 nitrogen and oxygen atoms in total. The molecule has 0 atom stereocenters. The molecule has 0 heterocycles. The molecule has 16 heavy (non-hydrogen) atoms. The molecule has 0 spiro atoms. The minimum absolute atomic E-state index is 0.0710. The molecule has 0 radical (unpaired) electrons. The maximum Gasteiger partial charge on any atom is 0.247 e. The van der Waals surface area contributed by atoms with Crippen molar-refractivity contribution in [1.82, 2.24) is 15.1 Å². The second-order valence-electron chi connectivity index (χ2n) is 4.77. The van der Waals surface area contributed by atoms with Gasteiger partial charge in [-0.25, -0.2) is 0 Å². The summed E-state index contributed by atoms with van der Waals surface area (Å²) >= 11 is 0. The van der Waals surface area contributed by atoms with E-state index in [9.17, 15) is 9.59 Å². The van der Waals surface area contributed by atoms with Crippen LogP contribution in [0.4, 0.5) is 0 Å². The van der Waals surface area contributed by atoms with Gasteiger partial charge in [0.25, 0.3) is 0 Å². The molecule has 5 heteroatoms. The molecule has 0 unspecified atom stereocenters. The van der Waals surface area contributed by atoms with E-state index in [1.165, 1.54) is 0 Å². The molecule has 0 rings (SSSR count). The van der Waals surface area contributed by atoms with Crippen LogP contribution in [-0.2, 0) is 9.59 Å². The van der Waals surface area contributed by atoms with Gasteiger partial charge in [-0.3, -0.25) is 9.59 Å². The summed E-state index contributed by atoms with van der Waals surface area (Å²) in [6.07, 6.45) is 1.48. The SMILES string of the molecule is CN(C)CCCN(C)C(=O)C(C)(C)NC=O. The van der Waals surface area contributed by atoms with E-state index in [1.54, 1.807) is 25.8 Å². The minimum Gasteiger partial charge on any atom is -0.345 e. The maximum absolute atomic E-state index is 11.9. The van der Waals surface area contributed by atoms with Gasteiger partial charge in [0.15, 0.2) is 0 Å². The summed E-state index contributed by atoms with van der Waals surface area (Å²) in [5, 5.41) is 2.52. The van der Waals surface area contributed by atoms with Gasteiger partial charge in [0.1, 0.15) is 5.54 Å². The average molecular weight is 229 g/mol. The predicted molar refractivity (Wildman–Crippen MR) is 64.1 cm³/mol. The van der Waals surface area contributed by atoms with Crippen LogP contribution in [0.25, 0.3) is 0 Å². The quantitative estimate of drug-likeness (QED) is 0.621. The first-order chi connectivity index (χ1) is 7.31. The molecule has 0 saturated carbocycles. The second-order valence-corrected chi connectivity index (χ2v) is 4.77. The lowest BCUT2D eigenvalue weighted by Gasteiger charge is -2.29. The normalized spacial score (nSPS) is 11.4. The lowest BCUT2D eigenvalue weighted by Crippen LogP contribution is -2.52. The third kappa shape index (κ3) is 5.11. The van der Waals surface area contributed by atoms with Crippen LogP contribution in [0.5, 0.6) is 0 Å². The highest BCUT2D eigenvalue weighted by Gasteiger charge is 2.29. The molecular formula is C11H23N3O2. The van der Waals surface area contributed by atoms with Crippen molar-refractivity contribution in [1.29, 1.82) is 0 Å². The Morgan fingerprint density at radius 3 is 2.25 bits per heavy atom. The molecule has 0 bridgehead atoms. The van der Waals surface area contributed by atoms with Crippen molar-refractivity contribution in [2.75, 3.05) is 34.2 Å². The zero-order valence-corrected chi connectivity index (χ0v) is 10.9. The summed E-state index contributed by atoms with van der Waals surface area (Å²) in [6, 6.07) is 0. The van der Waals surface area contributed by atoms with Crippen molar-refractivity contribution in [2.45, 2.75) is 25.8 Å².